The summed E-state index contributed by atoms with van der Waals surface area (Å²) in [5.74, 6) is -0.906. The topological polar surface area (TPSA) is 12.0 Å². The normalized spacial score (nSPS) is 20.9. The monoisotopic (exact) mass is 251 g/mol. The van der Waals surface area contributed by atoms with E-state index in [4.69, 9.17) is 0 Å². The Morgan fingerprint density at radius 1 is 1.33 bits per heavy atom. The zero-order chi connectivity index (χ0) is 13.0. The molecule has 0 spiro atoms. The van der Waals surface area contributed by atoms with Gasteiger partial charge in [-0.2, -0.15) is 0 Å². The first kappa shape index (κ1) is 13.2. The second kappa shape index (κ2) is 6.10. The van der Waals surface area contributed by atoms with E-state index in [-0.39, 0.29) is 6.04 Å². The Morgan fingerprint density at radius 3 is 2.89 bits per heavy atom. The van der Waals surface area contributed by atoms with Gasteiger partial charge in [0.05, 0.1) is 0 Å². The molecule has 2 unspecified atom stereocenters. The maximum absolute atomic E-state index is 13.6. The molecule has 0 saturated heterocycles. The fourth-order valence-electron chi connectivity index (χ4n) is 2.35. The molecule has 0 heterocycles. The summed E-state index contributed by atoms with van der Waals surface area (Å²) in [5.41, 5.74) is 0.404. The summed E-state index contributed by atoms with van der Waals surface area (Å²) in [6.07, 6.45) is 7.76. The van der Waals surface area contributed by atoms with Crippen molar-refractivity contribution in [1.82, 2.24) is 5.32 Å². The van der Waals surface area contributed by atoms with E-state index in [1.54, 1.807) is 12.1 Å². The molecule has 98 valence electrons. The maximum atomic E-state index is 13.6. The van der Waals surface area contributed by atoms with Crippen molar-refractivity contribution in [3.05, 3.63) is 47.5 Å². The fourth-order valence-corrected chi connectivity index (χ4v) is 2.35. The van der Waals surface area contributed by atoms with Gasteiger partial charge in [-0.15, -0.1) is 0 Å². The lowest BCUT2D eigenvalue weighted by Crippen LogP contribution is -2.27. The predicted molar refractivity (Wildman–Crippen MR) is 69.3 cm³/mol. The van der Waals surface area contributed by atoms with E-state index >= 15 is 0 Å². The van der Waals surface area contributed by atoms with Crippen LogP contribution in [-0.4, -0.2) is 6.54 Å². The van der Waals surface area contributed by atoms with Gasteiger partial charge in [0.15, 0.2) is 11.6 Å². The maximum Gasteiger partial charge on any atom is 0.163 e. The Bertz CT molecular complexity index is 429. The first-order chi connectivity index (χ1) is 8.68. The van der Waals surface area contributed by atoms with E-state index in [0.29, 0.717) is 11.5 Å². The Balaban J connectivity index is 1.93. The molecule has 1 aromatic carbocycles. The average molecular weight is 251 g/mol. The molecule has 0 fully saturated rings. The molecular weight excluding hydrogens is 232 g/mol. The molecule has 3 heteroatoms. The minimum absolute atomic E-state index is 0.161. The first-order valence-electron chi connectivity index (χ1n) is 6.50. The SMILES string of the molecule is CC(NCC1CC=CCC1)c1cccc(F)c1F. The van der Waals surface area contributed by atoms with Crippen molar-refractivity contribution in [2.24, 2.45) is 5.92 Å². The van der Waals surface area contributed by atoms with Gasteiger partial charge in [0.2, 0.25) is 0 Å². The molecule has 0 radical (unpaired) electrons. The highest BCUT2D eigenvalue weighted by Crippen LogP contribution is 2.21. The molecule has 0 bridgehead atoms. The summed E-state index contributed by atoms with van der Waals surface area (Å²) in [5, 5.41) is 3.30. The van der Waals surface area contributed by atoms with Crippen LogP contribution in [0.25, 0.3) is 0 Å². The third kappa shape index (κ3) is 3.16. The van der Waals surface area contributed by atoms with E-state index in [1.165, 1.54) is 6.42 Å². The molecule has 1 aliphatic rings. The van der Waals surface area contributed by atoms with Gasteiger partial charge < -0.3 is 5.32 Å². The van der Waals surface area contributed by atoms with E-state index < -0.39 is 11.6 Å². The smallest absolute Gasteiger partial charge is 0.163 e. The van der Waals surface area contributed by atoms with Crippen molar-refractivity contribution >= 4 is 0 Å². The number of hydrogen-bond donors (Lipinski definition) is 1. The largest absolute Gasteiger partial charge is 0.310 e. The third-order valence-corrected chi connectivity index (χ3v) is 3.54. The summed E-state index contributed by atoms with van der Waals surface area (Å²) in [7, 11) is 0. The molecule has 0 aliphatic heterocycles. The molecule has 18 heavy (non-hydrogen) atoms. The highest BCUT2D eigenvalue weighted by atomic mass is 19.2. The van der Waals surface area contributed by atoms with E-state index in [1.807, 2.05) is 6.92 Å². The van der Waals surface area contributed by atoms with Crippen molar-refractivity contribution in [1.29, 1.82) is 0 Å². The predicted octanol–water partition coefficient (Wildman–Crippen LogP) is 3.97. The zero-order valence-electron chi connectivity index (χ0n) is 10.6. The summed E-state index contributed by atoms with van der Waals surface area (Å²) in [6.45, 7) is 2.72. The minimum Gasteiger partial charge on any atom is -0.310 e. The molecule has 0 aromatic heterocycles. The van der Waals surface area contributed by atoms with Crippen LogP contribution in [0, 0.1) is 17.6 Å². The van der Waals surface area contributed by atoms with E-state index in [0.717, 1.165) is 25.5 Å². The summed E-state index contributed by atoms with van der Waals surface area (Å²) >= 11 is 0. The zero-order valence-corrected chi connectivity index (χ0v) is 10.6. The van der Waals surface area contributed by atoms with Crippen molar-refractivity contribution in [3.8, 4) is 0 Å². The van der Waals surface area contributed by atoms with Gasteiger partial charge in [0, 0.05) is 11.6 Å². The number of hydrogen-bond acceptors (Lipinski definition) is 1. The third-order valence-electron chi connectivity index (χ3n) is 3.54. The molecule has 0 amide bonds. The van der Waals surface area contributed by atoms with Crippen molar-refractivity contribution in [2.45, 2.75) is 32.2 Å². The van der Waals surface area contributed by atoms with Crippen LogP contribution in [0.5, 0.6) is 0 Å². The number of nitrogens with one attached hydrogen (secondary N) is 1. The van der Waals surface area contributed by atoms with Crippen LogP contribution in [0.3, 0.4) is 0 Å². The van der Waals surface area contributed by atoms with Crippen molar-refractivity contribution in [3.63, 3.8) is 0 Å². The van der Waals surface area contributed by atoms with E-state index in [9.17, 15) is 8.78 Å². The average Bonchev–Trinajstić information content (AvgIpc) is 2.40. The van der Waals surface area contributed by atoms with Crippen LogP contribution < -0.4 is 5.32 Å². The van der Waals surface area contributed by atoms with E-state index in [2.05, 4.69) is 17.5 Å². The standard InChI is InChI=1S/C15H19F2N/c1-11(13-8-5-9-14(16)15(13)17)18-10-12-6-3-2-4-7-12/h2-3,5,8-9,11-12,18H,4,6-7,10H2,1H3. The molecular formula is C15H19F2N. The summed E-state index contributed by atoms with van der Waals surface area (Å²) in [4.78, 5) is 0. The van der Waals surface area contributed by atoms with Crippen molar-refractivity contribution < 1.29 is 8.78 Å². The van der Waals surface area contributed by atoms with Crippen LogP contribution in [0.15, 0.2) is 30.4 Å². The molecule has 0 saturated carbocycles. The Labute approximate surface area is 107 Å². The molecule has 1 aliphatic carbocycles. The van der Waals surface area contributed by atoms with Crippen LogP contribution in [-0.2, 0) is 0 Å². The summed E-state index contributed by atoms with van der Waals surface area (Å²) in [6, 6.07) is 4.18. The Morgan fingerprint density at radius 2 is 2.17 bits per heavy atom. The minimum atomic E-state index is -0.776. The highest BCUT2D eigenvalue weighted by molar-refractivity contribution is 5.21. The molecule has 2 rings (SSSR count). The second-order valence-electron chi connectivity index (χ2n) is 4.92. The van der Waals surface area contributed by atoms with Gasteiger partial charge >= 0.3 is 0 Å². The fraction of sp³-hybridized carbons (Fsp3) is 0.467. The lowest BCUT2D eigenvalue weighted by atomic mass is 9.94. The first-order valence-corrected chi connectivity index (χ1v) is 6.50. The van der Waals surface area contributed by atoms with Gasteiger partial charge in [0.25, 0.3) is 0 Å². The van der Waals surface area contributed by atoms with Crippen LogP contribution >= 0.6 is 0 Å². The Kier molecular flexibility index (Phi) is 4.48. The molecule has 2 atom stereocenters. The molecule has 1 aromatic rings. The van der Waals surface area contributed by atoms with Gasteiger partial charge in [0.1, 0.15) is 0 Å². The molecule has 1 nitrogen and oxygen atoms in total. The highest BCUT2D eigenvalue weighted by Gasteiger charge is 2.16. The van der Waals surface area contributed by atoms with Crippen LogP contribution in [0.4, 0.5) is 8.78 Å². The van der Waals surface area contributed by atoms with Crippen LogP contribution in [0.2, 0.25) is 0 Å². The lowest BCUT2D eigenvalue weighted by Gasteiger charge is -2.22. The number of halogens is 2. The van der Waals surface area contributed by atoms with Gasteiger partial charge in [-0.25, -0.2) is 8.78 Å². The van der Waals surface area contributed by atoms with Gasteiger partial charge in [-0.05, 0) is 44.7 Å². The second-order valence-corrected chi connectivity index (χ2v) is 4.92. The number of benzene rings is 1. The van der Waals surface area contributed by atoms with Crippen LogP contribution in [0.1, 0.15) is 37.8 Å². The summed E-state index contributed by atoms with van der Waals surface area (Å²) < 4.78 is 26.7. The number of allylic oxidation sites excluding steroid dienone is 2. The molecule has 1 N–H and O–H groups in total. The van der Waals surface area contributed by atoms with Gasteiger partial charge in [-0.3, -0.25) is 0 Å². The lowest BCUT2D eigenvalue weighted by molar-refractivity contribution is 0.405. The van der Waals surface area contributed by atoms with Crippen molar-refractivity contribution in [2.75, 3.05) is 6.54 Å². The number of rotatable bonds is 4. The Hall–Kier alpha value is -1.22. The van der Waals surface area contributed by atoms with Gasteiger partial charge in [-0.1, -0.05) is 24.3 Å². The quantitative estimate of drug-likeness (QED) is 0.798.